The van der Waals surface area contributed by atoms with Crippen molar-refractivity contribution in [2.24, 2.45) is 5.92 Å². The van der Waals surface area contributed by atoms with Crippen LogP contribution in [0, 0.1) is 5.92 Å². The minimum atomic E-state index is 0.0488. The summed E-state index contributed by atoms with van der Waals surface area (Å²) in [6.07, 6.45) is 7.89. The van der Waals surface area contributed by atoms with Crippen molar-refractivity contribution in [3.8, 4) is 5.88 Å². The average molecular weight is 342 g/mol. The molecular weight excluding hydrogens is 316 g/mol. The maximum absolute atomic E-state index is 6.26. The molecular formula is C20H26N2O3. The molecule has 2 fully saturated rings. The summed E-state index contributed by atoms with van der Waals surface area (Å²) < 4.78 is 17.5. The van der Waals surface area contributed by atoms with Crippen molar-refractivity contribution in [3.05, 3.63) is 48.6 Å². The highest BCUT2D eigenvalue weighted by Crippen LogP contribution is 2.42. The maximum atomic E-state index is 6.26. The summed E-state index contributed by atoms with van der Waals surface area (Å²) in [5, 5.41) is 0. The number of hydrogen-bond acceptors (Lipinski definition) is 5. The summed E-state index contributed by atoms with van der Waals surface area (Å²) in [7, 11) is 0. The molecule has 2 aromatic rings. The second-order valence-electron chi connectivity index (χ2n) is 7.06. The van der Waals surface area contributed by atoms with Crippen molar-refractivity contribution in [1.82, 2.24) is 9.88 Å². The van der Waals surface area contributed by atoms with Crippen LogP contribution in [-0.4, -0.2) is 41.8 Å². The van der Waals surface area contributed by atoms with E-state index in [1.807, 2.05) is 30.3 Å². The highest BCUT2D eigenvalue weighted by molar-refractivity contribution is 5.09. The van der Waals surface area contributed by atoms with Crippen LogP contribution < -0.4 is 4.74 Å². The standard InChI is InChI=1S/C20H26N2O3/c1-2-10-21-19(5-1)24-14-6-17-7-15-25-20(17)8-11-22(12-9-20)16-18-4-3-13-23-18/h1-5,10,13,17H,6-9,11-12,14-16H2. The first-order valence-corrected chi connectivity index (χ1v) is 9.27. The van der Waals surface area contributed by atoms with E-state index in [0.29, 0.717) is 18.4 Å². The Hall–Kier alpha value is -1.85. The maximum Gasteiger partial charge on any atom is 0.213 e. The van der Waals surface area contributed by atoms with Gasteiger partial charge >= 0.3 is 0 Å². The topological polar surface area (TPSA) is 47.7 Å². The number of rotatable bonds is 6. The second-order valence-corrected chi connectivity index (χ2v) is 7.06. The average Bonchev–Trinajstić information content (AvgIpc) is 3.29. The van der Waals surface area contributed by atoms with Crippen LogP contribution in [0.15, 0.2) is 47.2 Å². The smallest absolute Gasteiger partial charge is 0.213 e. The molecule has 5 nitrogen and oxygen atoms in total. The Bertz CT molecular complexity index is 636. The molecule has 4 heterocycles. The molecule has 0 N–H and O–H groups in total. The Kier molecular flexibility index (Phi) is 5.04. The summed E-state index contributed by atoms with van der Waals surface area (Å²) in [5.74, 6) is 2.34. The Balaban J connectivity index is 1.27. The molecule has 2 aliphatic heterocycles. The highest BCUT2D eigenvalue weighted by Gasteiger charge is 2.45. The van der Waals surface area contributed by atoms with Gasteiger partial charge in [0, 0.05) is 32.0 Å². The highest BCUT2D eigenvalue weighted by atomic mass is 16.5. The van der Waals surface area contributed by atoms with Gasteiger partial charge in [0.05, 0.1) is 25.0 Å². The van der Waals surface area contributed by atoms with Crippen LogP contribution in [0.1, 0.15) is 31.4 Å². The van der Waals surface area contributed by atoms with Gasteiger partial charge in [-0.3, -0.25) is 4.90 Å². The van der Waals surface area contributed by atoms with Crippen LogP contribution in [0.2, 0.25) is 0 Å². The third-order valence-electron chi connectivity index (χ3n) is 5.62. The third-order valence-corrected chi connectivity index (χ3v) is 5.62. The molecule has 0 aliphatic carbocycles. The fourth-order valence-electron chi connectivity index (χ4n) is 4.20. The van der Waals surface area contributed by atoms with Crippen LogP contribution >= 0.6 is 0 Å². The van der Waals surface area contributed by atoms with Gasteiger partial charge in [-0.2, -0.15) is 0 Å². The van der Waals surface area contributed by atoms with E-state index in [4.69, 9.17) is 13.9 Å². The van der Waals surface area contributed by atoms with E-state index in [9.17, 15) is 0 Å². The van der Waals surface area contributed by atoms with Crippen molar-refractivity contribution in [1.29, 1.82) is 0 Å². The lowest BCUT2D eigenvalue weighted by molar-refractivity contribution is -0.0716. The molecule has 0 aromatic carbocycles. The summed E-state index contributed by atoms with van der Waals surface area (Å²) >= 11 is 0. The van der Waals surface area contributed by atoms with Gasteiger partial charge in [-0.15, -0.1) is 0 Å². The zero-order valence-corrected chi connectivity index (χ0v) is 14.6. The largest absolute Gasteiger partial charge is 0.478 e. The molecule has 5 heteroatoms. The van der Waals surface area contributed by atoms with Crippen molar-refractivity contribution >= 4 is 0 Å². The van der Waals surface area contributed by atoms with Crippen LogP contribution in [0.25, 0.3) is 0 Å². The van der Waals surface area contributed by atoms with Gasteiger partial charge in [0.15, 0.2) is 0 Å². The molecule has 25 heavy (non-hydrogen) atoms. The van der Waals surface area contributed by atoms with E-state index in [1.54, 1.807) is 12.5 Å². The summed E-state index contributed by atoms with van der Waals surface area (Å²) in [6, 6.07) is 9.78. The monoisotopic (exact) mass is 342 g/mol. The molecule has 1 unspecified atom stereocenters. The van der Waals surface area contributed by atoms with E-state index in [-0.39, 0.29) is 5.60 Å². The molecule has 0 amide bonds. The van der Waals surface area contributed by atoms with Crippen molar-refractivity contribution in [3.63, 3.8) is 0 Å². The van der Waals surface area contributed by atoms with E-state index < -0.39 is 0 Å². The van der Waals surface area contributed by atoms with Gasteiger partial charge in [0.25, 0.3) is 0 Å². The number of ether oxygens (including phenoxy) is 2. The summed E-state index contributed by atoms with van der Waals surface area (Å²) in [6.45, 7) is 4.63. The molecule has 4 rings (SSSR count). The van der Waals surface area contributed by atoms with Crippen LogP contribution in [0.3, 0.4) is 0 Å². The van der Waals surface area contributed by atoms with E-state index in [2.05, 4.69) is 9.88 Å². The molecule has 2 aliphatic rings. The predicted molar refractivity (Wildman–Crippen MR) is 94.4 cm³/mol. The molecule has 0 saturated carbocycles. The SMILES string of the molecule is c1ccc(OCCC2CCOC23CCN(Cc2ccco2)CC3)nc1. The third kappa shape index (κ3) is 3.88. The Morgan fingerprint density at radius 2 is 2.12 bits per heavy atom. The Morgan fingerprint density at radius 1 is 1.20 bits per heavy atom. The molecule has 0 bridgehead atoms. The van der Waals surface area contributed by atoms with Crippen LogP contribution in [-0.2, 0) is 11.3 Å². The first kappa shape index (κ1) is 16.6. The lowest BCUT2D eigenvalue weighted by Gasteiger charge is -2.42. The zero-order chi connectivity index (χ0) is 17.0. The lowest BCUT2D eigenvalue weighted by atomic mass is 9.78. The zero-order valence-electron chi connectivity index (χ0n) is 14.6. The first-order chi connectivity index (χ1) is 12.3. The van der Waals surface area contributed by atoms with E-state index >= 15 is 0 Å². The molecule has 134 valence electrons. The fourth-order valence-corrected chi connectivity index (χ4v) is 4.20. The van der Waals surface area contributed by atoms with Gasteiger partial charge in [0.1, 0.15) is 5.76 Å². The van der Waals surface area contributed by atoms with Gasteiger partial charge in [-0.05, 0) is 49.8 Å². The van der Waals surface area contributed by atoms with E-state index in [0.717, 1.165) is 57.7 Å². The number of aromatic nitrogens is 1. The summed E-state index contributed by atoms with van der Waals surface area (Å²) in [4.78, 5) is 6.69. The van der Waals surface area contributed by atoms with Crippen LogP contribution in [0.5, 0.6) is 5.88 Å². The van der Waals surface area contributed by atoms with Crippen molar-refractivity contribution in [2.75, 3.05) is 26.3 Å². The number of nitrogens with zero attached hydrogens (tertiary/aromatic N) is 2. The first-order valence-electron chi connectivity index (χ1n) is 9.27. The lowest BCUT2D eigenvalue weighted by Crippen LogP contribution is -2.47. The predicted octanol–water partition coefficient (Wildman–Crippen LogP) is 3.51. The molecule has 0 radical (unpaired) electrons. The Labute approximate surface area is 148 Å². The summed E-state index contributed by atoms with van der Waals surface area (Å²) in [5.41, 5.74) is 0.0488. The fraction of sp³-hybridized carbons (Fsp3) is 0.550. The number of furan rings is 1. The van der Waals surface area contributed by atoms with Gasteiger partial charge in [-0.1, -0.05) is 6.07 Å². The molecule has 2 saturated heterocycles. The van der Waals surface area contributed by atoms with Gasteiger partial charge < -0.3 is 13.9 Å². The van der Waals surface area contributed by atoms with Crippen molar-refractivity contribution in [2.45, 2.75) is 37.8 Å². The molecule has 1 atom stereocenters. The molecule has 1 spiro atoms. The Morgan fingerprint density at radius 3 is 2.88 bits per heavy atom. The second kappa shape index (κ2) is 7.58. The minimum absolute atomic E-state index is 0.0488. The number of likely N-dealkylation sites (tertiary alicyclic amines) is 1. The van der Waals surface area contributed by atoms with Gasteiger partial charge in [-0.25, -0.2) is 4.98 Å². The van der Waals surface area contributed by atoms with Crippen molar-refractivity contribution < 1.29 is 13.9 Å². The number of piperidine rings is 1. The molecule has 2 aromatic heterocycles. The van der Waals surface area contributed by atoms with Gasteiger partial charge in [0.2, 0.25) is 5.88 Å². The van der Waals surface area contributed by atoms with Crippen LogP contribution in [0.4, 0.5) is 0 Å². The number of pyridine rings is 1. The quantitative estimate of drug-likeness (QED) is 0.804. The number of hydrogen-bond donors (Lipinski definition) is 0. The van der Waals surface area contributed by atoms with E-state index in [1.165, 1.54) is 0 Å². The minimum Gasteiger partial charge on any atom is -0.478 e. The normalized spacial score (nSPS) is 23.1.